The number of nitrogens with one attached hydrogen (secondary N) is 1. The molecule has 1 rings (SSSR count). The Morgan fingerprint density at radius 3 is 2.88 bits per heavy atom. The smallest absolute Gasteiger partial charge is 0.252 e. The summed E-state index contributed by atoms with van der Waals surface area (Å²) < 4.78 is 10.4. The summed E-state index contributed by atoms with van der Waals surface area (Å²) in [7, 11) is 0. The van der Waals surface area contributed by atoms with Gasteiger partial charge in [-0.25, -0.2) is 0 Å². The van der Waals surface area contributed by atoms with E-state index in [2.05, 4.69) is 29.3 Å². The van der Waals surface area contributed by atoms with Crippen molar-refractivity contribution in [2.24, 2.45) is 0 Å². The van der Waals surface area contributed by atoms with Crippen molar-refractivity contribution in [1.82, 2.24) is 15.5 Å². The highest BCUT2D eigenvalue weighted by molar-refractivity contribution is 4.84. The van der Waals surface area contributed by atoms with Gasteiger partial charge in [-0.2, -0.15) is 4.98 Å². The van der Waals surface area contributed by atoms with Crippen LogP contribution >= 0.6 is 0 Å². The minimum Gasteiger partial charge on any atom is -0.370 e. The van der Waals surface area contributed by atoms with Gasteiger partial charge in [0.05, 0.1) is 6.61 Å². The number of aryl methyl sites for hydroxylation is 1. The molecule has 0 saturated carbocycles. The van der Waals surface area contributed by atoms with Crippen LogP contribution in [0.4, 0.5) is 0 Å². The van der Waals surface area contributed by atoms with Gasteiger partial charge in [-0.05, 0) is 19.4 Å². The van der Waals surface area contributed by atoms with E-state index in [0.29, 0.717) is 19.1 Å². The highest BCUT2D eigenvalue weighted by Gasteiger charge is 2.04. The van der Waals surface area contributed by atoms with Gasteiger partial charge in [0, 0.05) is 13.0 Å². The summed E-state index contributed by atoms with van der Waals surface area (Å²) in [5.74, 6) is 1.34. The van der Waals surface area contributed by atoms with Crippen molar-refractivity contribution in [3.05, 3.63) is 11.7 Å². The lowest BCUT2D eigenvalue weighted by atomic mass is 10.3. The van der Waals surface area contributed by atoms with Crippen molar-refractivity contribution in [3.63, 3.8) is 0 Å². The lowest BCUT2D eigenvalue weighted by molar-refractivity contribution is 0.0995. The molecule has 1 aromatic rings. The maximum atomic E-state index is 5.40. The predicted octanol–water partition coefficient (Wildman–Crippen LogP) is 1.54. The van der Waals surface area contributed by atoms with Crippen LogP contribution in [0.15, 0.2) is 4.52 Å². The van der Waals surface area contributed by atoms with E-state index in [0.717, 1.165) is 38.2 Å². The van der Waals surface area contributed by atoms with Gasteiger partial charge >= 0.3 is 0 Å². The third kappa shape index (κ3) is 5.23. The molecule has 0 amide bonds. The van der Waals surface area contributed by atoms with Crippen molar-refractivity contribution in [2.75, 3.05) is 19.7 Å². The Morgan fingerprint density at radius 2 is 2.12 bits per heavy atom. The van der Waals surface area contributed by atoms with Crippen molar-refractivity contribution < 1.29 is 9.26 Å². The molecule has 0 saturated heterocycles. The fourth-order valence-corrected chi connectivity index (χ4v) is 1.28. The topological polar surface area (TPSA) is 60.2 Å². The maximum Gasteiger partial charge on any atom is 0.252 e. The van der Waals surface area contributed by atoms with Crippen LogP contribution in [-0.2, 0) is 17.8 Å². The summed E-state index contributed by atoms with van der Waals surface area (Å²) >= 11 is 0. The van der Waals surface area contributed by atoms with E-state index in [1.165, 1.54) is 0 Å². The van der Waals surface area contributed by atoms with Crippen LogP contribution < -0.4 is 5.32 Å². The van der Waals surface area contributed by atoms with E-state index in [1.54, 1.807) is 0 Å². The normalized spacial score (nSPS) is 10.9. The molecule has 0 fully saturated rings. The van der Waals surface area contributed by atoms with Crippen LogP contribution in [0, 0.1) is 0 Å². The second-order valence-corrected chi connectivity index (χ2v) is 3.66. The Labute approximate surface area is 96.6 Å². The summed E-state index contributed by atoms with van der Waals surface area (Å²) in [6.45, 7) is 7.21. The van der Waals surface area contributed by atoms with Crippen LogP contribution in [0.25, 0.3) is 0 Å². The number of aromatic nitrogens is 2. The van der Waals surface area contributed by atoms with E-state index in [1.807, 2.05) is 0 Å². The molecule has 0 aromatic carbocycles. The van der Waals surface area contributed by atoms with Gasteiger partial charge in [0.15, 0.2) is 5.82 Å². The zero-order valence-corrected chi connectivity index (χ0v) is 10.2. The zero-order chi connectivity index (χ0) is 11.6. The molecule has 5 nitrogen and oxygen atoms in total. The first-order valence-corrected chi connectivity index (χ1v) is 5.96. The van der Waals surface area contributed by atoms with Gasteiger partial charge in [0.1, 0.15) is 6.61 Å². The van der Waals surface area contributed by atoms with Gasteiger partial charge in [0.25, 0.3) is 5.89 Å². The summed E-state index contributed by atoms with van der Waals surface area (Å²) in [4.78, 5) is 4.21. The first-order chi connectivity index (χ1) is 7.86. The average Bonchev–Trinajstić information content (AvgIpc) is 2.72. The molecule has 0 atom stereocenters. The van der Waals surface area contributed by atoms with Gasteiger partial charge in [-0.1, -0.05) is 19.0 Å². The number of rotatable bonds is 9. The second kappa shape index (κ2) is 8.24. The SMILES string of the molecule is CCCNCCOCc1nc(CCC)no1. The number of nitrogens with zero attached hydrogens (tertiary/aromatic N) is 2. The average molecular weight is 227 g/mol. The molecule has 0 radical (unpaired) electrons. The lowest BCUT2D eigenvalue weighted by Crippen LogP contribution is -2.20. The molecule has 1 N–H and O–H groups in total. The molecule has 1 heterocycles. The first kappa shape index (κ1) is 13.1. The Hall–Kier alpha value is -0.940. The Morgan fingerprint density at radius 1 is 1.25 bits per heavy atom. The van der Waals surface area contributed by atoms with E-state index in [9.17, 15) is 0 Å². The van der Waals surface area contributed by atoms with Crippen molar-refractivity contribution >= 4 is 0 Å². The van der Waals surface area contributed by atoms with Crippen molar-refractivity contribution in [3.8, 4) is 0 Å². The van der Waals surface area contributed by atoms with E-state index in [4.69, 9.17) is 9.26 Å². The molecular formula is C11H21N3O2. The molecular weight excluding hydrogens is 206 g/mol. The quantitative estimate of drug-likeness (QED) is 0.648. The summed E-state index contributed by atoms with van der Waals surface area (Å²) in [6.07, 6.45) is 3.03. The third-order valence-corrected chi connectivity index (χ3v) is 2.06. The molecule has 0 aliphatic rings. The first-order valence-electron chi connectivity index (χ1n) is 5.96. The molecule has 92 valence electrons. The summed E-state index contributed by atoms with van der Waals surface area (Å²) in [6, 6.07) is 0. The van der Waals surface area contributed by atoms with Gasteiger partial charge in [-0.15, -0.1) is 0 Å². The molecule has 0 aliphatic heterocycles. The van der Waals surface area contributed by atoms with Gasteiger partial charge in [0.2, 0.25) is 0 Å². The fraction of sp³-hybridized carbons (Fsp3) is 0.818. The largest absolute Gasteiger partial charge is 0.370 e. The lowest BCUT2D eigenvalue weighted by Gasteiger charge is -2.02. The van der Waals surface area contributed by atoms with Gasteiger partial charge < -0.3 is 14.6 Å². The molecule has 0 bridgehead atoms. The van der Waals surface area contributed by atoms with E-state index in [-0.39, 0.29) is 0 Å². The van der Waals surface area contributed by atoms with Crippen molar-refractivity contribution in [2.45, 2.75) is 39.7 Å². The highest BCUT2D eigenvalue weighted by atomic mass is 16.5. The Kier molecular flexibility index (Phi) is 6.76. The number of hydrogen-bond acceptors (Lipinski definition) is 5. The minimum absolute atomic E-state index is 0.407. The third-order valence-electron chi connectivity index (χ3n) is 2.06. The Bertz CT molecular complexity index is 276. The highest BCUT2D eigenvalue weighted by Crippen LogP contribution is 2.01. The van der Waals surface area contributed by atoms with Crippen molar-refractivity contribution in [1.29, 1.82) is 0 Å². The van der Waals surface area contributed by atoms with E-state index >= 15 is 0 Å². The number of ether oxygens (including phenoxy) is 1. The predicted molar refractivity (Wildman–Crippen MR) is 61.1 cm³/mol. The van der Waals surface area contributed by atoms with Crippen LogP contribution in [0.5, 0.6) is 0 Å². The minimum atomic E-state index is 0.407. The maximum absolute atomic E-state index is 5.40. The van der Waals surface area contributed by atoms with Crippen LogP contribution in [0.3, 0.4) is 0 Å². The molecule has 0 aliphatic carbocycles. The standard InChI is InChI=1S/C11H21N3O2/c1-3-5-10-13-11(16-14-10)9-15-8-7-12-6-4-2/h12H,3-9H2,1-2H3. The fourth-order valence-electron chi connectivity index (χ4n) is 1.28. The zero-order valence-electron chi connectivity index (χ0n) is 10.2. The molecule has 0 spiro atoms. The van der Waals surface area contributed by atoms with Crippen LogP contribution in [0.1, 0.15) is 38.4 Å². The van der Waals surface area contributed by atoms with Gasteiger partial charge in [-0.3, -0.25) is 0 Å². The molecule has 5 heteroatoms. The summed E-state index contributed by atoms with van der Waals surface area (Å²) in [5, 5.41) is 7.11. The Balaban J connectivity index is 2.07. The molecule has 1 aromatic heterocycles. The van der Waals surface area contributed by atoms with E-state index < -0.39 is 0 Å². The van der Waals surface area contributed by atoms with Crippen LogP contribution in [0.2, 0.25) is 0 Å². The molecule has 0 unspecified atom stereocenters. The number of hydrogen-bond donors (Lipinski definition) is 1. The summed E-state index contributed by atoms with van der Waals surface area (Å²) in [5.41, 5.74) is 0. The van der Waals surface area contributed by atoms with Crippen LogP contribution in [-0.4, -0.2) is 29.8 Å². The monoisotopic (exact) mass is 227 g/mol. The molecule has 16 heavy (non-hydrogen) atoms. The second-order valence-electron chi connectivity index (χ2n) is 3.66.